The fourth-order valence-corrected chi connectivity index (χ4v) is 2.75. The van der Waals surface area contributed by atoms with Gasteiger partial charge in [-0.3, -0.25) is 0 Å². The molecule has 0 spiro atoms. The Kier molecular flexibility index (Phi) is 5.68. The summed E-state index contributed by atoms with van der Waals surface area (Å²) >= 11 is 0. The maximum atomic E-state index is 6.06. The molecule has 0 bridgehead atoms. The van der Waals surface area contributed by atoms with Crippen LogP contribution in [0.1, 0.15) is 22.3 Å². The van der Waals surface area contributed by atoms with E-state index in [2.05, 4.69) is 24.2 Å². The minimum Gasteiger partial charge on any atom is -0.489 e. The van der Waals surface area contributed by atoms with Crippen molar-refractivity contribution in [3.63, 3.8) is 0 Å². The molecule has 0 unspecified atom stereocenters. The number of hydrogen-bond acceptors (Lipinski definition) is 5. The number of rotatable bonds is 6. The van der Waals surface area contributed by atoms with Gasteiger partial charge in [0, 0.05) is 5.56 Å². The Morgan fingerprint density at radius 2 is 1.88 bits per heavy atom. The average molecular weight is 341 g/mol. The van der Waals surface area contributed by atoms with Crippen LogP contribution in [0.5, 0.6) is 5.75 Å². The van der Waals surface area contributed by atoms with Crippen LogP contribution in [0.15, 0.2) is 47.6 Å². The summed E-state index contributed by atoms with van der Waals surface area (Å²) in [5.74, 6) is 0.883. The summed E-state index contributed by atoms with van der Waals surface area (Å²) in [6.07, 6.45) is -0.512. The van der Waals surface area contributed by atoms with Gasteiger partial charge in [0.25, 0.3) is 0 Å². The Morgan fingerprint density at radius 1 is 1.12 bits per heavy atom. The third-order valence-electron chi connectivity index (χ3n) is 4.05. The first-order valence-corrected chi connectivity index (χ1v) is 8.31. The largest absolute Gasteiger partial charge is 0.489 e. The van der Waals surface area contributed by atoms with Gasteiger partial charge in [0.15, 0.2) is 0 Å². The van der Waals surface area contributed by atoms with E-state index in [1.807, 2.05) is 37.3 Å². The molecular weight excluding hydrogens is 318 g/mol. The Bertz CT molecular complexity index is 751. The van der Waals surface area contributed by atoms with E-state index < -0.39 is 6.29 Å². The monoisotopic (exact) mass is 341 g/mol. The van der Waals surface area contributed by atoms with Crippen LogP contribution in [0.25, 0.3) is 0 Å². The zero-order valence-corrected chi connectivity index (χ0v) is 14.8. The fraction of sp³-hybridized carbons (Fsp3) is 0.350. The summed E-state index contributed by atoms with van der Waals surface area (Å²) in [7, 11) is 1.52. The lowest BCUT2D eigenvalue weighted by Crippen LogP contribution is -2.24. The van der Waals surface area contributed by atoms with Gasteiger partial charge in [-0.1, -0.05) is 41.6 Å². The van der Waals surface area contributed by atoms with E-state index in [4.69, 9.17) is 19.0 Å². The van der Waals surface area contributed by atoms with Crippen molar-refractivity contribution in [2.75, 3.05) is 20.3 Å². The summed E-state index contributed by atoms with van der Waals surface area (Å²) < 4.78 is 17.3. The molecule has 0 N–H and O–H groups in total. The van der Waals surface area contributed by atoms with Gasteiger partial charge in [-0.2, -0.15) is 0 Å². The fourth-order valence-electron chi connectivity index (χ4n) is 2.75. The number of ether oxygens (including phenoxy) is 3. The molecule has 0 aromatic heterocycles. The predicted octanol–water partition coefficient (Wildman–Crippen LogP) is 3.61. The highest BCUT2D eigenvalue weighted by atomic mass is 16.7. The molecule has 0 radical (unpaired) electrons. The van der Waals surface area contributed by atoms with Gasteiger partial charge < -0.3 is 19.0 Å². The van der Waals surface area contributed by atoms with Crippen molar-refractivity contribution < 1.29 is 19.0 Å². The molecule has 25 heavy (non-hydrogen) atoms. The summed E-state index contributed by atoms with van der Waals surface area (Å²) in [5.41, 5.74) is 4.81. The standard InChI is InChI=1S/C20H23NO4/c1-14-8-9-15(2)18(12-14)25-13-16-6-4-5-7-17(16)19(21-22-3)20-23-10-11-24-20/h4-9,12,20H,10-11,13H2,1-3H3. The van der Waals surface area contributed by atoms with E-state index in [-0.39, 0.29) is 0 Å². The zero-order chi connectivity index (χ0) is 17.6. The van der Waals surface area contributed by atoms with Crippen LogP contribution in [0.4, 0.5) is 0 Å². The maximum Gasteiger partial charge on any atom is 0.205 e. The second kappa shape index (κ2) is 8.14. The third kappa shape index (κ3) is 4.18. The van der Waals surface area contributed by atoms with Gasteiger partial charge in [-0.25, -0.2) is 0 Å². The van der Waals surface area contributed by atoms with Crippen LogP contribution >= 0.6 is 0 Å². The Morgan fingerprint density at radius 3 is 2.64 bits per heavy atom. The average Bonchev–Trinajstić information content (AvgIpc) is 3.15. The smallest absolute Gasteiger partial charge is 0.205 e. The van der Waals surface area contributed by atoms with E-state index in [0.29, 0.717) is 25.5 Å². The Labute approximate surface area is 148 Å². The van der Waals surface area contributed by atoms with Crippen LogP contribution in [0, 0.1) is 13.8 Å². The molecule has 1 aliphatic rings. The van der Waals surface area contributed by atoms with Gasteiger partial charge in [-0.15, -0.1) is 0 Å². The maximum absolute atomic E-state index is 6.06. The van der Waals surface area contributed by atoms with Crippen molar-refractivity contribution in [1.82, 2.24) is 0 Å². The van der Waals surface area contributed by atoms with E-state index in [9.17, 15) is 0 Å². The lowest BCUT2D eigenvalue weighted by atomic mass is 10.0. The molecule has 0 amide bonds. The quantitative estimate of drug-likeness (QED) is 0.595. The molecule has 2 aromatic rings. The van der Waals surface area contributed by atoms with Gasteiger partial charge in [0.1, 0.15) is 25.2 Å². The van der Waals surface area contributed by atoms with E-state index in [0.717, 1.165) is 22.4 Å². The van der Waals surface area contributed by atoms with Crippen LogP contribution < -0.4 is 4.74 Å². The molecular formula is C20H23NO4. The summed E-state index contributed by atoms with van der Waals surface area (Å²) in [6.45, 7) is 5.62. The number of hydrogen-bond donors (Lipinski definition) is 0. The molecule has 1 saturated heterocycles. The van der Waals surface area contributed by atoms with Crippen molar-refractivity contribution in [3.8, 4) is 5.75 Å². The number of nitrogens with zero attached hydrogens (tertiary/aromatic N) is 1. The molecule has 1 aliphatic heterocycles. The van der Waals surface area contributed by atoms with Gasteiger partial charge in [-0.05, 0) is 36.6 Å². The number of aryl methyl sites for hydroxylation is 2. The van der Waals surface area contributed by atoms with Gasteiger partial charge in [0.2, 0.25) is 6.29 Å². The molecule has 2 aromatic carbocycles. The molecule has 5 nitrogen and oxygen atoms in total. The van der Waals surface area contributed by atoms with Crippen molar-refractivity contribution in [3.05, 3.63) is 64.7 Å². The molecule has 1 fully saturated rings. The highest BCUT2D eigenvalue weighted by Gasteiger charge is 2.26. The highest BCUT2D eigenvalue weighted by Crippen LogP contribution is 2.23. The molecule has 5 heteroatoms. The topological polar surface area (TPSA) is 49.3 Å². The molecule has 0 atom stereocenters. The highest BCUT2D eigenvalue weighted by molar-refractivity contribution is 6.04. The summed E-state index contributed by atoms with van der Waals surface area (Å²) in [5, 5.41) is 4.13. The first-order valence-electron chi connectivity index (χ1n) is 8.31. The molecule has 132 valence electrons. The number of oxime groups is 1. The third-order valence-corrected chi connectivity index (χ3v) is 4.05. The van der Waals surface area contributed by atoms with Crippen molar-refractivity contribution in [1.29, 1.82) is 0 Å². The number of benzene rings is 2. The van der Waals surface area contributed by atoms with Crippen LogP contribution in [-0.2, 0) is 20.9 Å². The van der Waals surface area contributed by atoms with E-state index >= 15 is 0 Å². The minimum atomic E-state index is -0.512. The van der Waals surface area contributed by atoms with Crippen LogP contribution in [0.2, 0.25) is 0 Å². The minimum absolute atomic E-state index is 0.427. The van der Waals surface area contributed by atoms with Crippen LogP contribution in [0.3, 0.4) is 0 Å². The first kappa shape index (κ1) is 17.5. The van der Waals surface area contributed by atoms with Crippen molar-refractivity contribution in [2.24, 2.45) is 5.16 Å². The molecule has 1 heterocycles. The summed E-state index contributed by atoms with van der Waals surface area (Å²) in [6, 6.07) is 14.1. The normalized spacial score (nSPS) is 15.4. The second-order valence-corrected chi connectivity index (χ2v) is 5.95. The van der Waals surface area contributed by atoms with Crippen molar-refractivity contribution >= 4 is 5.71 Å². The lowest BCUT2D eigenvalue weighted by Gasteiger charge is -2.17. The first-order chi connectivity index (χ1) is 12.2. The second-order valence-electron chi connectivity index (χ2n) is 5.95. The van der Waals surface area contributed by atoms with Gasteiger partial charge >= 0.3 is 0 Å². The molecule has 0 aliphatic carbocycles. The van der Waals surface area contributed by atoms with Crippen LogP contribution in [-0.4, -0.2) is 32.3 Å². The van der Waals surface area contributed by atoms with E-state index in [1.54, 1.807) is 0 Å². The lowest BCUT2D eigenvalue weighted by molar-refractivity contribution is 0.0121. The Balaban J connectivity index is 1.85. The summed E-state index contributed by atoms with van der Waals surface area (Å²) in [4.78, 5) is 5.01. The molecule has 3 rings (SSSR count). The van der Waals surface area contributed by atoms with Gasteiger partial charge in [0.05, 0.1) is 13.2 Å². The SMILES string of the molecule is CON=C(c1ccccc1COc1cc(C)ccc1C)C1OCCO1. The van der Waals surface area contributed by atoms with Crippen molar-refractivity contribution in [2.45, 2.75) is 26.7 Å². The Hall–Kier alpha value is -2.37. The molecule has 0 saturated carbocycles. The van der Waals surface area contributed by atoms with E-state index in [1.165, 1.54) is 12.7 Å². The predicted molar refractivity (Wildman–Crippen MR) is 95.9 cm³/mol. The zero-order valence-electron chi connectivity index (χ0n) is 14.8.